The van der Waals surface area contributed by atoms with Crippen molar-refractivity contribution in [2.45, 2.75) is 65.6 Å². The highest BCUT2D eigenvalue weighted by atomic mass is 16.5. The molecule has 0 N–H and O–H groups in total. The maximum Gasteiger partial charge on any atom is 0.339 e. The highest BCUT2D eigenvalue weighted by Gasteiger charge is 2.22. The number of hydrogen-bond acceptors (Lipinski definition) is 4. The van der Waals surface area contributed by atoms with Gasteiger partial charge in [-0.3, -0.25) is 0 Å². The van der Waals surface area contributed by atoms with E-state index in [1.807, 2.05) is 27.7 Å². The Morgan fingerprint density at radius 2 is 1.09 bits per heavy atom. The molecular formula is C18H26O4. The van der Waals surface area contributed by atoms with E-state index in [-0.39, 0.29) is 23.3 Å². The van der Waals surface area contributed by atoms with Crippen LogP contribution in [0.5, 0.6) is 0 Å². The van der Waals surface area contributed by atoms with Crippen molar-refractivity contribution in [2.24, 2.45) is 0 Å². The van der Waals surface area contributed by atoms with Crippen molar-refractivity contribution in [1.82, 2.24) is 0 Å². The van der Waals surface area contributed by atoms with E-state index < -0.39 is 11.9 Å². The van der Waals surface area contributed by atoms with E-state index in [1.54, 1.807) is 24.3 Å². The first-order valence-electron chi connectivity index (χ1n) is 8.08. The predicted octanol–water partition coefficient (Wildman–Crippen LogP) is 4.38. The van der Waals surface area contributed by atoms with Crippen LogP contribution in [0.2, 0.25) is 0 Å². The van der Waals surface area contributed by atoms with Gasteiger partial charge >= 0.3 is 11.9 Å². The SMILES string of the molecule is CCC(CC)OC(=O)c1ccccc1C(=O)OC(CC)CC. The van der Waals surface area contributed by atoms with Gasteiger partial charge in [-0.15, -0.1) is 0 Å². The zero-order valence-electron chi connectivity index (χ0n) is 13.9. The van der Waals surface area contributed by atoms with Crippen LogP contribution < -0.4 is 0 Å². The topological polar surface area (TPSA) is 52.6 Å². The molecule has 0 fully saturated rings. The normalized spacial score (nSPS) is 10.8. The molecule has 1 rings (SSSR count). The highest BCUT2D eigenvalue weighted by Crippen LogP contribution is 2.16. The van der Waals surface area contributed by atoms with E-state index in [1.165, 1.54) is 0 Å². The van der Waals surface area contributed by atoms with Crippen LogP contribution in [-0.2, 0) is 9.47 Å². The number of benzene rings is 1. The molecule has 0 aliphatic carbocycles. The molecule has 1 aromatic carbocycles. The second-order valence-electron chi connectivity index (χ2n) is 5.23. The Bertz CT molecular complexity index is 443. The maximum atomic E-state index is 12.3. The lowest BCUT2D eigenvalue weighted by Crippen LogP contribution is -2.22. The third-order valence-corrected chi connectivity index (χ3v) is 3.74. The quantitative estimate of drug-likeness (QED) is 0.669. The lowest BCUT2D eigenvalue weighted by molar-refractivity contribution is 0.0236. The number of carbonyl (C=O) groups excluding carboxylic acids is 2. The van der Waals surface area contributed by atoms with Crippen LogP contribution in [0.15, 0.2) is 24.3 Å². The zero-order valence-corrected chi connectivity index (χ0v) is 13.9. The summed E-state index contributed by atoms with van der Waals surface area (Å²) >= 11 is 0. The molecule has 0 heterocycles. The van der Waals surface area contributed by atoms with Crippen molar-refractivity contribution in [2.75, 3.05) is 0 Å². The molecular weight excluding hydrogens is 280 g/mol. The number of carbonyl (C=O) groups is 2. The van der Waals surface area contributed by atoms with Crippen molar-refractivity contribution in [3.8, 4) is 0 Å². The van der Waals surface area contributed by atoms with Crippen LogP contribution in [0, 0.1) is 0 Å². The molecule has 0 saturated heterocycles. The summed E-state index contributed by atoms with van der Waals surface area (Å²) in [7, 11) is 0. The molecule has 1 aromatic rings. The minimum atomic E-state index is -0.467. The van der Waals surface area contributed by atoms with Crippen LogP contribution in [0.3, 0.4) is 0 Å². The second-order valence-corrected chi connectivity index (χ2v) is 5.23. The molecule has 4 heteroatoms. The summed E-state index contributed by atoms with van der Waals surface area (Å²) in [5, 5.41) is 0. The summed E-state index contributed by atoms with van der Waals surface area (Å²) in [6, 6.07) is 6.65. The van der Waals surface area contributed by atoms with Gasteiger partial charge in [-0.1, -0.05) is 39.8 Å². The van der Waals surface area contributed by atoms with E-state index in [9.17, 15) is 9.59 Å². The van der Waals surface area contributed by atoms with Gasteiger partial charge in [0.1, 0.15) is 12.2 Å². The van der Waals surface area contributed by atoms with Crippen molar-refractivity contribution in [1.29, 1.82) is 0 Å². The average Bonchev–Trinajstić information content (AvgIpc) is 2.56. The van der Waals surface area contributed by atoms with Gasteiger partial charge in [0.2, 0.25) is 0 Å². The highest BCUT2D eigenvalue weighted by molar-refractivity contribution is 6.03. The van der Waals surface area contributed by atoms with Gasteiger partial charge in [0, 0.05) is 0 Å². The summed E-state index contributed by atoms with van der Waals surface area (Å²) in [5.74, 6) is -0.934. The minimum Gasteiger partial charge on any atom is -0.459 e. The average molecular weight is 306 g/mol. The van der Waals surface area contributed by atoms with Crippen LogP contribution in [0.4, 0.5) is 0 Å². The fourth-order valence-electron chi connectivity index (χ4n) is 2.18. The molecule has 0 unspecified atom stereocenters. The van der Waals surface area contributed by atoms with Gasteiger partial charge in [0.25, 0.3) is 0 Å². The molecule has 0 aliphatic heterocycles. The molecule has 0 radical (unpaired) electrons. The molecule has 122 valence electrons. The Morgan fingerprint density at radius 1 is 0.773 bits per heavy atom. The summed E-state index contributed by atoms with van der Waals surface area (Å²) in [6.07, 6.45) is 2.75. The number of hydrogen-bond donors (Lipinski definition) is 0. The Balaban J connectivity index is 2.93. The fourth-order valence-corrected chi connectivity index (χ4v) is 2.18. The Hall–Kier alpha value is -1.84. The van der Waals surface area contributed by atoms with Gasteiger partial charge in [0.15, 0.2) is 0 Å². The summed E-state index contributed by atoms with van der Waals surface area (Å²) < 4.78 is 10.9. The van der Waals surface area contributed by atoms with Crippen molar-refractivity contribution in [3.63, 3.8) is 0 Å². The number of esters is 2. The van der Waals surface area contributed by atoms with E-state index in [2.05, 4.69) is 0 Å². The number of rotatable bonds is 8. The van der Waals surface area contributed by atoms with Crippen molar-refractivity contribution in [3.05, 3.63) is 35.4 Å². The van der Waals surface area contributed by atoms with Crippen LogP contribution in [0.25, 0.3) is 0 Å². The lowest BCUT2D eigenvalue weighted by atomic mass is 10.1. The third kappa shape index (κ3) is 4.86. The van der Waals surface area contributed by atoms with Gasteiger partial charge in [-0.25, -0.2) is 9.59 Å². The first-order chi connectivity index (χ1) is 10.6. The van der Waals surface area contributed by atoms with E-state index >= 15 is 0 Å². The largest absolute Gasteiger partial charge is 0.459 e. The molecule has 4 nitrogen and oxygen atoms in total. The fraction of sp³-hybridized carbons (Fsp3) is 0.556. The van der Waals surface area contributed by atoms with Crippen molar-refractivity contribution >= 4 is 11.9 Å². The van der Waals surface area contributed by atoms with Crippen LogP contribution >= 0.6 is 0 Å². The van der Waals surface area contributed by atoms with Crippen LogP contribution in [-0.4, -0.2) is 24.1 Å². The zero-order chi connectivity index (χ0) is 16.5. The monoisotopic (exact) mass is 306 g/mol. The Kier molecular flexibility index (Phi) is 7.64. The van der Waals surface area contributed by atoms with Gasteiger partial charge in [-0.05, 0) is 37.8 Å². The van der Waals surface area contributed by atoms with Gasteiger partial charge < -0.3 is 9.47 Å². The molecule has 0 aliphatic rings. The summed E-state index contributed by atoms with van der Waals surface area (Å²) in [4.78, 5) is 24.6. The lowest BCUT2D eigenvalue weighted by Gasteiger charge is -2.17. The molecule has 0 bridgehead atoms. The molecule has 0 spiro atoms. The standard InChI is InChI=1S/C18H26O4/c1-5-13(6-2)21-17(19)15-11-9-10-12-16(15)18(20)22-14(7-3)8-4/h9-14H,5-8H2,1-4H3. The smallest absolute Gasteiger partial charge is 0.339 e. The summed E-state index contributed by atoms with van der Waals surface area (Å²) in [5.41, 5.74) is 0.538. The van der Waals surface area contributed by atoms with E-state index in [0.717, 1.165) is 25.7 Å². The Labute approximate surface area is 132 Å². The second kappa shape index (κ2) is 9.23. The molecule has 0 amide bonds. The molecule has 0 aromatic heterocycles. The molecule has 0 atom stereocenters. The maximum absolute atomic E-state index is 12.3. The first kappa shape index (κ1) is 18.2. The third-order valence-electron chi connectivity index (χ3n) is 3.74. The number of ether oxygens (including phenoxy) is 2. The molecule has 0 saturated carbocycles. The van der Waals surface area contributed by atoms with Gasteiger partial charge in [-0.2, -0.15) is 0 Å². The van der Waals surface area contributed by atoms with E-state index in [0.29, 0.717) is 0 Å². The molecule has 22 heavy (non-hydrogen) atoms. The van der Waals surface area contributed by atoms with Crippen LogP contribution in [0.1, 0.15) is 74.1 Å². The van der Waals surface area contributed by atoms with Gasteiger partial charge in [0.05, 0.1) is 11.1 Å². The Morgan fingerprint density at radius 3 is 1.36 bits per heavy atom. The minimum absolute atomic E-state index is 0.129. The summed E-state index contributed by atoms with van der Waals surface area (Å²) in [6.45, 7) is 7.87. The predicted molar refractivity (Wildman–Crippen MR) is 86.0 cm³/mol. The van der Waals surface area contributed by atoms with E-state index in [4.69, 9.17) is 9.47 Å². The van der Waals surface area contributed by atoms with Crippen molar-refractivity contribution < 1.29 is 19.1 Å². The first-order valence-corrected chi connectivity index (χ1v) is 8.08.